The van der Waals surface area contributed by atoms with Gasteiger partial charge in [-0.2, -0.15) is 0 Å². The van der Waals surface area contributed by atoms with E-state index in [1.54, 1.807) is 7.11 Å². The van der Waals surface area contributed by atoms with Gasteiger partial charge in [0.05, 0.1) is 13.7 Å². The molecular formula is C15H25NO2. The molecule has 1 N–H and O–H groups in total. The smallest absolute Gasteiger partial charge is 0.124 e. The molecule has 0 bridgehead atoms. The molecule has 0 heterocycles. The van der Waals surface area contributed by atoms with Crippen LogP contribution in [-0.4, -0.2) is 20.3 Å². The molecule has 3 heteroatoms. The molecule has 0 aliphatic heterocycles. The van der Waals surface area contributed by atoms with Crippen LogP contribution < -0.4 is 14.8 Å². The van der Waals surface area contributed by atoms with Crippen LogP contribution in [-0.2, 0) is 6.54 Å². The largest absolute Gasteiger partial charge is 0.497 e. The van der Waals surface area contributed by atoms with E-state index in [0.717, 1.165) is 43.2 Å². The summed E-state index contributed by atoms with van der Waals surface area (Å²) >= 11 is 0. The van der Waals surface area contributed by atoms with Crippen LogP contribution in [0.2, 0.25) is 0 Å². The molecule has 18 heavy (non-hydrogen) atoms. The van der Waals surface area contributed by atoms with Gasteiger partial charge in [-0.15, -0.1) is 0 Å². The lowest BCUT2D eigenvalue weighted by molar-refractivity contribution is 0.285. The molecule has 0 atom stereocenters. The molecule has 1 aromatic rings. The molecular weight excluding hydrogens is 226 g/mol. The average molecular weight is 251 g/mol. The maximum atomic E-state index is 5.85. The fourth-order valence-corrected chi connectivity index (χ4v) is 1.63. The first-order chi connectivity index (χ1) is 8.67. The first kappa shape index (κ1) is 14.8. The second kappa shape index (κ2) is 7.98. The highest BCUT2D eigenvalue weighted by Gasteiger charge is 2.06. The lowest BCUT2D eigenvalue weighted by Crippen LogP contribution is -2.13. The minimum atomic E-state index is 0.667. The Morgan fingerprint density at radius 2 is 2.06 bits per heavy atom. The van der Waals surface area contributed by atoms with Crippen molar-refractivity contribution in [1.82, 2.24) is 5.32 Å². The van der Waals surface area contributed by atoms with Crippen LogP contribution in [0.4, 0.5) is 0 Å². The maximum absolute atomic E-state index is 5.85. The Labute approximate surface area is 110 Å². The summed E-state index contributed by atoms with van der Waals surface area (Å²) < 4.78 is 11.1. The second-order valence-electron chi connectivity index (χ2n) is 4.78. The van der Waals surface area contributed by atoms with Crippen LogP contribution in [0.5, 0.6) is 11.5 Å². The summed E-state index contributed by atoms with van der Waals surface area (Å²) in [6, 6.07) is 5.97. The summed E-state index contributed by atoms with van der Waals surface area (Å²) in [5.74, 6) is 2.50. The van der Waals surface area contributed by atoms with E-state index in [-0.39, 0.29) is 0 Å². The fraction of sp³-hybridized carbons (Fsp3) is 0.600. The van der Waals surface area contributed by atoms with Crippen molar-refractivity contribution in [2.45, 2.75) is 33.7 Å². The Hall–Kier alpha value is -1.22. The van der Waals surface area contributed by atoms with Crippen molar-refractivity contribution in [1.29, 1.82) is 0 Å². The van der Waals surface area contributed by atoms with Gasteiger partial charge >= 0.3 is 0 Å². The van der Waals surface area contributed by atoms with Crippen molar-refractivity contribution >= 4 is 0 Å². The predicted molar refractivity (Wildman–Crippen MR) is 75.3 cm³/mol. The van der Waals surface area contributed by atoms with Gasteiger partial charge in [-0.3, -0.25) is 0 Å². The van der Waals surface area contributed by atoms with Gasteiger partial charge in [0.15, 0.2) is 0 Å². The van der Waals surface area contributed by atoms with Gasteiger partial charge in [0.2, 0.25) is 0 Å². The number of hydrogen-bond donors (Lipinski definition) is 1. The molecule has 0 aliphatic rings. The van der Waals surface area contributed by atoms with Gasteiger partial charge in [0.1, 0.15) is 11.5 Å². The summed E-state index contributed by atoms with van der Waals surface area (Å²) in [5, 5.41) is 3.32. The van der Waals surface area contributed by atoms with Crippen molar-refractivity contribution in [3.8, 4) is 11.5 Å². The quantitative estimate of drug-likeness (QED) is 0.769. The van der Waals surface area contributed by atoms with Gasteiger partial charge in [-0.25, -0.2) is 0 Å². The van der Waals surface area contributed by atoms with E-state index in [9.17, 15) is 0 Å². The second-order valence-corrected chi connectivity index (χ2v) is 4.78. The molecule has 0 saturated carbocycles. The van der Waals surface area contributed by atoms with Crippen molar-refractivity contribution in [3.63, 3.8) is 0 Å². The van der Waals surface area contributed by atoms with E-state index >= 15 is 0 Å². The first-order valence-electron chi connectivity index (χ1n) is 6.67. The summed E-state index contributed by atoms with van der Waals surface area (Å²) in [4.78, 5) is 0. The number of rotatable bonds is 8. The third kappa shape index (κ3) is 4.96. The molecule has 1 rings (SSSR count). The minimum absolute atomic E-state index is 0.667. The molecule has 0 radical (unpaired) electrons. The van der Waals surface area contributed by atoms with Crippen molar-refractivity contribution in [2.75, 3.05) is 20.3 Å². The number of methoxy groups -OCH3 is 1. The van der Waals surface area contributed by atoms with E-state index < -0.39 is 0 Å². The zero-order valence-corrected chi connectivity index (χ0v) is 12.0. The van der Waals surface area contributed by atoms with Gasteiger partial charge in [-0.1, -0.05) is 20.8 Å². The number of ether oxygens (including phenoxy) is 2. The van der Waals surface area contributed by atoms with Crippen LogP contribution in [0, 0.1) is 5.92 Å². The van der Waals surface area contributed by atoms with E-state index in [1.807, 2.05) is 18.2 Å². The van der Waals surface area contributed by atoms with Crippen LogP contribution in [0.15, 0.2) is 18.2 Å². The molecule has 1 aromatic carbocycles. The topological polar surface area (TPSA) is 30.5 Å². The molecule has 0 aromatic heterocycles. The number of hydrogen-bond acceptors (Lipinski definition) is 3. The third-order valence-corrected chi connectivity index (χ3v) is 2.79. The fourth-order valence-electron chi connectivity index (χ4n) is 1.63. The summed E-state index contributed by atoms with van der Waals surface area (Å²) in [6.07, 6.45) is 1.08. The lowest BCUT2D eigenvalue weighted by atomic mass is 10.1. The standard InChI is InChI=1S/C15H25NO2/c1-5-16-11-13-10-14(17-4)6-7-15(13)18-9-8-12(2)3/h6-7,10,12,16H,5,8-9,11H2,1-4H3. The van der Waals surface area contributed by atoms with Crippen molar-refractivity contribution in [3.05, 3.63) is 23.8 Å². The highest BCUT2D eigenvalue weighted by molar-refractivity contribution is 5.40. The number of benzene rings is 1. The molecule has 0 aliphatic carbocycles. The van der Waals surface area contributed by atoms with Crippen LogP contribution in [0.25, 0.3) is 0 Å². The summed E-state index contributed by atoms with van der Waals surface area (Å²) in [5.41, 5.74) is 1.15. The van der Waals surface area contributed by atoms with Gasteiger partial charge in [-0.05, 0) is 37.1 Å². The molecule has 3 nitrogen and oxygen atoms in total. The van der Waals surface area contributed by atoms with E-state index in [0.29, 0.717) is 5.92 Å². The van der Waals surface area contributed by atoms with E-state index in [2.05, 4.69) is 26.1 Å². The summed E-state index contributed by atoms with van der Waals surface area (Å²) in [6.45, 7) is 9.03. The highest BCUT2D eigenvalue weighted by Crippen LogP contribution is 2.24. The Morgan fingerprint density at radius 1 is 1.28 bits per heavy atom. The van der Waals surface area contributed by atoms with E-state index in [1.165, 1.54) is 0 Å². The molecule has 0 spiro atoms. The maximum Gasteiger partial charge on any atom is 0.124 e. The van der Waals surface area contributed by atoms with E-state index in [4.69, 9.17) is 9.47 Å². The predicted octanol–water partition coefficient (Wildman–Crippen LogP) is 3.23. The molecule has 102 valence electrons. The zero-order valence-electron chi connectivity index (χ0n) is 12.0. The average Bonchev–Trinajstić information content (AvgIpc) is 2.36. The minimum Gasteiger partial charge on any atom is -0.497 e. The third-order valence-electron chi connectivity index (χ3n) is 2.79. The highest BCUT2D eigenvalue weighted by atomic mass is 16.5. The lowest BCUT2D eigenvalue weighted by Gasteiger charge is -2.14. The van der Waals surface area contributed by atoms with Crippen LogP contribution >= 0.6 is 0 Å². The van der Waals surface area contributed by atoms with Gasteiger partial charge in [0.25, 0.3) is 0 Å². The summed E-state index contributed by atoms with van der Waals surface area (Å²) in [7, 11) is 1.69. The Bertz CT molecular complexity index is 350. The number of nitrogens with one attached hydrogen (secondary N) is 1. The Kier molecular flexibility index (Phi) is 6.58. The van der Waals surface area contributed by atoms with Gasteiger partial charge in [0, 0.05) is 12.1 Å². The Morgan fingerprint density at radius 3 is 2.67 bits per heavy atom. The molecule has 0 fully saturated rings. The van der Waals surface area contributed by atoms with Crippen molar-refractivity contribution < 1.29 is 9.47 Å². The normalized spacial score (nSPS) is 10.7. The van der Waals surface area contributed by atoms with Gasteiger partial charge < -0.3 is 14.8 Å². The SMILES string of the molecule is CCNCc1cc(OC)ccc1OCCC(C)C. The van der Waals surface area contributed by atoms with Crippen LogP contribution in [0.1, 0.15) is 32.8 Å². The van der Waals surface area contributed by atoms with Crippen molar-refractivity contribution in [2.24, 2.45) is 5.92 Å². The molecule has 0 amide bonds. The van der Waals surface area contributed by atoms with Crippen LogP contribution in [0.3, 0.4) is 0 Å². The zero-order chi connectivity index (χ0) is 13.4. The molecule has 0 unspecified atom stereocenters. The first-order valence-corrected chi connectivity index (χ1v) is 6.67. The Balaban J connectivity index is 2.68. The molecule has 0 saturated heterocycles. The monoisotopic (exact) mass is 251 g/mol.